The van der Waals surface area contributed by atoms with Gasteiger partial charge in [0.25, 0.3) is 5.91 Å². The smallest absolute Gasteiger partial charge is 0.277 e. The predicted molar refractivity (Wildman–Crippen MR) is 140 cm³/mol. The van der Waals surface area contributed by atoms with E-state index < -0.39 is 11.7 Å². The number of imidazole rings is 1. The Hall–Kier alpha value is -2.68. The van der Waals surface area contributed by atoms with Gasteiger partial charge in [0, 0.05) is 17.3 Å². The first-order valence-corrected chi connectivity index (χ1v) is 13.2. The van der Waals surface area contributed by atoms with E-state index in [0.717, 1.165) is 37.8 Å². The summed E-state index contributed by atoms with van der Waals surface area (Å²) in [7, 11) is 0. The van der Waals surface area contributed by atoms with E-state index in [9.17, 15) is 4.79 Å². The second-order valence-electron chi connectivity index (χ2n) is 9.94. The largest absolute Gasteiger partial charge is 0.352 e. The summed E-state index contributed by atoms with van der Waals surface area (Å²) in [4.78, 5) is 25.3. The van der Waals surface area contributed by atoms with Crippen LogP contribution in [0.2, 0.25) is 5.02 Å². The van der Waals surface area contributed by atoms with E-state index in [0.29, 0.717) is 40.8 Å². The van der Waals surface area contributed by atoms with Crippen LogP contribution < -0.4 is 10.8 Å². The lowest BCUT2D eigenvalue weighted by Crippen LogP contribution is -2.26. The van der Waals surface area contributed by atoms with E-state index in [1.165, 1.54) is 25.9 Å². The van der Waals surface area contributed by atoms with Gasteiger partial charge in [0.2, 0.25) is 0 Å². The number of hydrogen-bond acceptors (Lipinski definition) is 5. The van der Waals surface area contributed by atoms with Crippen LogP contribution in [0.3, 0.4) is 0 Å². The average Bonchev–Trinajstić information content (AvgIpc) is 3.35. The van der Waals surface area contributed by atoms with Gasteiger partial charge >= 0.3 is 0 Å². The first kappa shape index (κ1) is 25.0. The van der Waals surface area contributed by atoms with Crippen LogP contribution in [-0.4, -0.2) is 46.6 Å². The fourth-order valence-corrected chi connectivity index (χ4v) is 4.98. The second-order valence-corrected chi connectivity index (χ2v) is 10.4. The van der Waals surface area contributed by atoms with Gasteiger partial charge in [-0.2, -0.15) is 0 Å². The zero-order valence-corrected chi connectivity index (χ0v) is 21.4. The molecule has 0 radical (unpaired) electrons. The molecular weight excluding hydrogens is 481 g/mol. The number of nitrogens with zero attached hydrogens (tertiary/aromatic N) is 3. The lowest BCUT2D eigenvalue weighted by Gasteiger charge is -2.17. The summed E-state index contributed by atoms with van der Waals surface area (Å²) in [6.07, 6.45) is 8.41. The van der Waals surface area contributed by atoms with Crippen molar-refractivity contribution in [3.63, 3.8) is 0 Å². The molecule has 0 unspecified atom stereocenters. The van der Waals surface area contributed by atoms with Crippen molar-refractivity contribution in [2.45, 2.75) is 52.0 Å². The highest BCUT2D eigenvalue weighted by Crippen LogP contribution is 2.33. The van der Waals surface area contributed by atoms with Gasteiger partial charge in [-0.3, -0.25) is 9.63 Å². The third kappa shape index (κ3) is 5.82. The molecule has 9 heteroatoms. The Balaban J connectivity index is 1.40. The Kier molecular flexibility index (Phi) is 7.74. The maximum atomic E-state index is 16.1. The maximum Gasteiger partial charge on any atom is 0.277 e. The molecule has 3 aromatic rings. The molecule has 36 heavy (non-hydrogen) atoms. The lowest BCUT2D eigenvalue weighted by molar-refractivity contribution is 0.0271. The molecule has 2 N–H and O–H groups in total. The first-order valence-electron chi connectivity index (χ1n) is 12.8. The summed E-state index contributed by atoms with van der Waals surface area (Å²) >= 11 is 6.11. The number of nitrogens with one attached hydrogen (secondary N) is 2. The van der Waals surface area contributed by atoms with Crippen molar-refractivity contribution in [1.29, 1.82) is 0 Å². The number of carbonyl (C=O) groups is 1. The maximum absolute atomic E-state index is 16.1. The average molecular weight is 514 g/mol. The molecule has 5 rings (SSSR count). The van der Waals surface area contributed by atoms with Crippen LogP contribution in [0.4, 0.5) is 15.8 Å². The SMILES string of the molecule is Cc1cc(Cl)ccc1Nc1c(C(=O)NOCC2CC2)cc2ncn(CCCCN3CCCC3)c2c1F. The molecule has 0 bridgehead atoms. The number of benzene rings is 2. The Labute approximate surface area is 215 Å². The summed E-state index contributed by atoms with van der Waals surface area (Å²) in [5.41, 5.74) is 5.06. The lowest BCUT2D eigenvalue weighted by atomic mass is 10.1. The van der Waals surface area contributed by atoms with Gasteiger partial charge < -0.3 is 14.8 Å². The molecule has 1 saturated carbocycles. The number of hydroxylamine groups is 1. The van der Waals surface area contributed by atoms with Crippen LogP contribution in [0.5, 0.6) is 0 Å². The molecule has 7 nitrogen and oxygen atoms in total. The normalized spacial score (nSPS) is 16.1. The number of aryl methyl sites for hydroxylation is 2. The second kappa shape index (κ2) is 11.2. The number of anilines is 2. The summed E-state index contributed by atoms with van der Waals surface area (Å²) < 4.78 is 18.0. The van der Waals surface area contributed by atoms with Crippen LogP contribution >= 0.6 is 11.6 Å². The third-order valence-electron chi connectivity index (χ3n) is 7.04. The van der Waals surface area contributed by atoms with Crippen molar-refractivity contribution in [3.8, 4) is 0 Å². The molecule has 1 aromatic heterocycles. The molecule has 0 atom stereocenters. The zero-order valence-electron chi connectivity index (χ0n) is 20.7. The summed E-state index contributed by atoms with van der Waals surface area (Å²) in [5, 5.41) is 3.73. The van der Waals surface area contributed by atoms with Gasteiger partial charge in [0.15, 0.2) is 5.82 Å². The molecule has 2 fully saturated rings. The number of carbonyl (C=O) groups excluding carboxylic acids is 1. The monoisotopic (exact) mass is 513 g/mol. The molecule has 1 aliphatic heterocycles. The van der Waals surface area contributed by atoms with Crippen LogP contribution in [-0.2, 0) is 11.4 Å². The number of unbranched alkanes of at least 4 members (excludes halogenated alkanes) is 1. The number of amides is 1. The standard InChI is InChI=1S/C27H33ClFN5O2/c1-18-14-20(28)8-9-22(18)31-25-21(27(35)32-36-16-19-6-7-19)15-23-26(24(25)29)34(17-30-23)13-5-4-12-33-10-2-3-11-33/h8-9,14-15,17,19,31H,2-7,10-13,16H2,1H3,(H,32,35). The predicted octanol–water partition coefficient (Wildman–Crippen LogP) is 5.83. The number of likely N-dealkylation sites (tertiary alicyclic amines) is 1. The molecular formula is C27H33ClFN5O2. The number of aromatic nitrogens is 2. The Bertz CT molecular complexity index is 1240. The topological polar surface area (TPSA) is 71.4 Å². The minimum absolute atomic E-state index is 0.0965. The molecule has 2 aromatic carbocycles. The molecule has 1 saturated heterocycles. The van der Waals surface area contributed by atoms with Crippen molar-refractivity contribution >= 4 is 39.9 Å². The van der Waals surface area contributed by atoms with Gasteiger partial charge in [-0.15, -0.1) is 0 Å². The van der Waals surface area contributed by atoms with E-state index in [4.69, 9.17) is 16.4 Å². The van der Waals surface area contributed by atoms with E-state index in [1.807, 2.05) is 11.5 Å². The number of hydrogen-bond donors (Lipinski definition) is 2. The van der Waals surface area contributed by atoms with E-state index in [-0.39, 0.29) is 11.3 Å². The van der Waals surface area contributed by atoms with Gasteiger partial charge in [-0.25, -0.2) is 14.9 Å². The Morgan fingerprint density at radius 2 is 1.97 bits per heavy atom. The first-order chi connectivity index (χ1) is 17.5. The zero-order chi connectivity index (χ0) is 25.1. The van der Waals surface area contributed by atoms with Gasteiger partial charge in [-0.05, 0) is 101 Å². The van der Waals surface area contributed by atoms with Crippen LogP contribution in [0.25, 0.3) is 11.0 Å². The Morgan fingerprint density at radius 3 is 2.72 bits per heavy atom. The van der Waals surface area contributed by atoms with E-state index >= 15 is 4.39 Å². The molecule has 0 spiro atoms. The van der Waals surface area contributed by atoms with Crippen molar-refractivity contribution in [2.24, 2.45) is 5.92 Å². The molecule has 2 aliphatic rings. The highest BCUT2D eigenvalue weighted by Gasteiger charge is 2.25. The number of rotatable bonds is 11. The highest BCUT2D eigenvalue weighted by molar-refractivity contribution is 6.30. The van der Waals surface area contributed by atoms with E-state index in [2.05, 4.69) is 20.7 Å². The summed E-state index contributed by atoms with van der Waals surface area (Å²) in [6.45, 7) is 6.43. The van der Waals surface area contributed by atoms with E-state index in [1.54, 1.807) is 30.6 Å². The van der Waals surface area contributed by atoms with Crippen LogP contribution in [0.15, 0.2) is 30.6 Å². The molecule has 2 heterocycles. The van der Waals surface area contributed by atoms with Crippen molar-refractivity contribution in [3.05, 3.63) is 52.6 Å². The third-order valence-corrected chi connectivity index (χ3v) is 7.27. The molecule has 192 valence electrons. The molecule has 1 aliphatic carbocycles. The molecule has 1 amide bonds. The van der Waals surface area contributed by atoms with Crippen molar-refractivity contribution < 1.29 is 14.0 Å². The Morgan fingerprint density at radius 1 is 1.19 bits per heavy atom. The minimum atomic E-state index is -0.509. The van der Waals surface area contributed by atoms with Crippen LogP contribution in [0, 0.1) is 18.7 Å². The van der Waals surface area contributed by atoms with Crippen LogP contribution in [0.1, 0.15) is 54.4 Å². The minimum Gasteiger partial charge on any atom is -0.352 e. The fraction of sp³-hybridized carbons (Fsp3) is 0.481. The van der Waals surface area contributed by atoms with Gasteiger partial charge in [0.1, 0.15) is 5.52 Å². The quantitative estimate of drug-likeness (QED) is 0.249. The number of halogens is 2. The van der Waals surface area contributed by atoms with Gasteiger partial charge in [-0.1, -0.05) is 11.6 Å². The van der Waals surface area contributed by atoms with Gasteiger partial charge in [0.05, 0.1) is 29.7 Å². The van der Waals surface area contributed by atoms with Crippen molar-refractivity contribution in [2.75, 3.05) is 31.6 Å². The number of fused-ring (bicyclic) bond motifs is 1. The fourth-order valence-electron chi connectivity index (χ4n) is 4.75. The summed E-state index contributed by atoms with van der Waals surface area (Å²) in [6, 6.07) is 6.94. The highest BCUT2D eigenvalue weighted by atomic mass is 35.5. The van der Waals surface area contributed by atoms with Crippen molar-refractivity contribution in [1.82, 2.24) is 19.9 Å². The summed E-state index contributed by atoms with van der Waals surface area (Å²) in [5.74, 6) is -0.531.